The maximum absolute atomic E-state index is 6.19. The maximum Gasteiger partial charge on any atom is 0.136 e. The van der Waals surface area contributed by atoms with E-state index in [1.54, 1.807) is 0 Å². The Kier molecular flexibility index (Phi) is 4.27. The largest absolute Gasteiger partial charge is 0.456 e. The van der Waals surface area contributed by atoms with Crippen molar-refractivity contribution in [2.45, 2.75) is 18.8 Å². The molecule has 0 amide bonds. The minimum Gasteiger partial charge on any atom is -0.456 e. The molecule has 2 aromatic heterocycles. The van der Waals surface area contributed by atoms with Crippen LogP contribution in [0.4, 0.5) is 0 Å². The highest BCUT2D eigenvalue weighted by Crippen LogP contribution is 2.46. The van der Waals surface area contributed by atoms with Crippen LogP contribution in [-0.2, 0) is 0 Å². The van der Waals surface area contributed by atoms with Crippen LogP contribution in [0.15, 0.2) is 101 Å². The number of allylic oxidation sites excluding steroid dienone is 1. The van der Waals surface area contributed by atoms with Gasteiger partial charge in [0, 0.05) is 56.0 Å². The van der Waals surface area contributed by atoms with Crippen molar-refractivity contribution >= 4 is 50.5 Å². The second kappa shape index (κ2) is 7.38. The predicted molar refractivity (Wildman–Crippen MR) is 142 cm³/mol. The number of fused-ring (bicyclic) bond motifs is 6. The summed E-state index contributed by atoms with van der Waals surface area (Å²) in [5.41, 5.74) is 8.17. The first-order valence-electron chi connectivity index (χ1n) is 11.7. The molecule has 0 spiro atoms. The van der Waals surface area contributed by atoms with Crippen LogP contribution in [0.5, 0.6) is 0 Å². The number of halogens is 1. The molecule has 7 rings (SSSR count). The molecule has 0 fully saturated rings. The third kappa shape index (κ3) is 2.82. The van der Waals surface area contributed by atoms with Crippen molar-refractivity contribution in [3.8, 4) is 5.69 Å². The van der Waals surface area contributed by atoms with E-state index in [4.69, 9.17) is 16.0 Å². The highest BCUT2D eigenvalue weighted by Gasteiger charge is 2.30. The molecule has 2 unspecified atom stereocenters. The molecule has 0 N–H and O–H groups in total. The lowest BCUT2D eigenvalue weighted by Crippen LogP contribution is -2.14. The van der Waals surface area contributed by atoms with E-state index in [2.05, 4.69) is 103 Å². The van der Waals surface area contributed by atoms with E-state index in [1.165, 1.54) is 33.4 Å². The zero-order valence-corrected chi connectivity index (χ0v) is 19.5. The Balaban J connectivity index is 1.42. The van der Waals surface area contributed by atoms with Gasteiger partial charge in [-0.2, -0.15) is 0 Å². The van der Waals surface area contributed by atoms with Crippen LogP contribution < -0.4 is 0 Å². The summed E-state index contributed by atoms with van der Waals surface area (Å²) in [6, 6.07) is 31.9. The molecule has 6 aromatic rings. The summed E-state index contributed by atoms with van der Waals surface area (Å²) in [6.45, 7) is 2.35. The van der Waals surface area contributed by atoms with E-state index < -0.39 is 0 Å². The Labute approximate surface area is 202 Å². The predicted octanol–water partition coefficient (Wildman–Crippen LogP) is 9.10. The number of rotatable bonds is 2. The van der Waals surface area contributed by atoms with Crippen LogP contribution in [-0.4, -0.2) is 4.57 Å². The fourth-order valence-electron chi connectivity index (χ4n) is 5.68. The van der Waals surface area contributed by atoms with Crippen molar-refractivity contribution in [2.24, 2.45) is 0 Å². The molecular formula is C31H22ClNO. The van der Waals surface area contributed by atoms with Crippen LogP contribution in [0.25, 0.3) is 44.6 Å². The van der Waals surface area contributed by atoms with Crippen LogP contribution in [0.2, 0.25) is 5.02 Å². The fourth-order valence-corrected chi connectivity index (χ4v) is 5.84. The second-order valence-corrected chi connectivity index (χ2v) is 9.60. The fraction of sp³-hybridized carbons (Fsp3) is 0.0968. The summed E-state index contributed by atoms with van der Waals surface area (Å²) in [7, 11) is 0. The number of benzene rings is 4. The molecule has 34 heavy (non-hydrogen) atoms. The average molecular weight is 460 g/mol. The molecular weight excluding hydrogens is 438 g/mol. The summed E-state index contributed by atoms with van der Waals surface area (Å²) in [4.78, 5) is 0. The average Bonchev–Trinajstić information content (AvgIpc) is 3.40. The molecule has 4 aromatic carbocycles. The van der Waals surface area contributed by atoms with Crippen molar-refractivity contribution in [3.63, 3.8) is 0 Å². The minimum absolute atomic E-state index is 0.265. The maximum atomic E-state index is 6.19. The Morgan fingerprint density at radius 1 is 0.765 bits per heavy atom. The van der Waals surface area contributed by atoms with Crippen molar-refractivity contribution in [2.75, 3.05) is 0 Å². The summed E-state index contributed by atoms with van der Waals surface area (Å²) < 4.78 is 8.51. The van der Waals surface area contributed by atoms with E-state index in [0.717, 1.165) is 21.9 Å². The lowest BCUT2D eigenvalue weighted by molar-refractivity contribution is 0.638. The second-order valence-electron chi connectivity index (χ2n) is 9.16. The normalized spacial score (nSPS) is 17.6. The summed E-state index contributed by atoms with van der Waals surface area (Å²) in [5.74, 6) is 0.568. The van der Waals surface area contributed by atoms with Gasteiger partial charge in [-0.3, -0.25) is 0 Å². The van der Waals surface area contributed by atoms with Crippen LogP contribution in [0, 0.1) is 0 Å². The monoisotopic (exact) mass is 459 g/mol. The first kappa shape index (κ1) is 19.7. The standard InChI is InChI=1S/C31H22ClNO/c1-19-23(20-11-16-29-27(17-20)25-13-12-21(32)18-30(25)34-29)14-15-26-24-9-5-6-10-28(24)33(31(19)26)22-7-3-2-4-8-22/h2-19,23H,1H3. The molecule has 2 nitrogen and oxygen atoms in total. The zero-order valence-electron chi connectivity index (χ0n) is 18.7. The first-order chi connectivity index (χ1) is 16.7. The molecule has 0 aliphatic heterocycles. The zero-order chi connectivity index (χ0) is 22.8. The number of furan rings is 1. The smallest absolute Gasteiger partial charge is 0.136 e. The van der Waals surface area contributed by atoms with Crippen molar-refractivity contribution in [1.82, 2.24) is 4.57 Å². The van der Waals surface area contributed by atoms with E-state index in [1.807, 2.05) is 12.1 Å². The molecule has 0 saturated carbocycles. The van der Waals surface area contributed by atoms with Crippen molar-refractivity contribution in [1.29, 1.82) is 0 Å². The Bertz CT molecular complexity index is 1740. The summed E-state index contributed by atoms with van der Waals surface area (Å²) >= 11 is 6.19. The lowest BCUT2D eigenvalue weighted by Gasteiger charge is -2.28. The van der Waals surface area contributed by atoms with E-state index >= 15 is 0 Å². The van der Waals surface area contributed by atoms with Crippen LogP contribution in [0.3, 0.4) is 0 Å². The van der Waals surface area contributed by atoms with Crippen LogP contribution >= 0.6 is 11.6 Å². The van der Waals surface area contributed by atoms with Crippen LogP contribution in [0.1, 0.15) is 35.6 Å². The van der Waals surface area contributed by atoms with Gasteiger partial charge in [0.15, 0.2) is 0 Å². The molecule has 164 valence electrons. The van der Waals surface area contributed by atoms with Gasteiger partial charge >= 0.3 is 0 Å². The van der Waals surface area contributed by atoms with Gasteiger partial charge in [0.25, 0.3) is 0 Å². The van der Waals surface area contributed by atoms with Gasteiger partial charge in [0.2, 0.25) is 0 Å². The highest BCUT2D eigenvalue weighted by molar-refractivity contribution is 6.31. The number of hydrogen-bond donors (Lipinski definition) is 0. The van der Waals surface area contributed by atoms with Crippen molar-refractivity contribution in [3.05, 3.63) is 119 Å². The van der Waals surface area contributed by atoms with Gasteiger partial charge in [-0.15, -0.1) is 0 Å². The Morgan fingerprint density at radius 2 is 1.59 bits per heavy atom. The molecule has 1 aliphatic carbocycles. The Morgan fingerprint density at radius 3 is 2.47 bits per heavy atom. The summed E-state index contributed by atoms with van der Waals surface area (Å²) in [5, 5.41) is 4.24. The molecule has 0 saturated heterocycles. The van der Waals surface area contributed by atoms with E-state index in [0.29, 0.717) is 10.9 Å². The molecule has 0 bridgehead atoms. The Hall–Kier alpha value is -3.75. The summed E-state index contributed by atoms with van der Waals surface area (Å²) in [6.07, 6.45) is 4.69. The topological polar surface area (TPSA) is 18.1 Å². The minimum atomic E-state index is 0.265. The molecule has 2 atom stereocenters. The molecule has 1 aliphatic rings. The quantitative estimate of drug-likeness (QED) is 0.252. The first-order valence-corrected chi connectivity index (χ1v) is 12.1. The van der Waals surface area contributed by atoms with E-state index in [9.17, 15) is 0 Å². The van der Waals surface area contributed by atoms with E-state index in [-0.39, 0.29) is 5.92 Å². The third-order valence-electron chi connectivity index (χ3n) is 7.25. The number of aromatic nitrogens is 1. The van der Waals surface area contributed by atoms with Crippen molar-refractivity contribution < 1.29 is 4.42 Å². The SMILES string of the molecule is CC1c2c(c3ccccc3n2-c2ccccc2)C=CC1c1ccc2oc3cc(Cl)ccc3c2c1. The molecule has 2 heterocycles. The van der Waals surface area contributed by atoms with Gasteiger partial charge in [-0.05, 0) is 48.0 Å². The molecule has 0 radical (unpaired) electrons. The van der Waals surface area contributed by atoms with Gasteiger partial charge in [-0.25, -0.2) is 0 Å². The molecule has 3 heteroatoms. The number of nitrogens with zero attached hydrogens (tertiary/aromatic N) is 1. The third-order valence-corrected chi connectivity index (χ3v) is 7.48. The lowest BCUT2D eigenvalue weighted by atomic mass is 9.79. The van der Waals surface area contributed by atoms with Gasteiger partial charge < -0.3 is 8.98 Å². The number of hydrogen-bond acceptors (Lipinski definition) is 1. The van der Waals surface area contributed by atoms with Gasteiger partial charge in [0.1, 0.15) is 11.2 Å². The number of para-hydroxylation sites is 2. The highest BCUT2D eigenvalue weighted by atomic mass is 35.5. The van der Waals surface area contributed by atoms with Gasteiger partial charge in [-0.1, -0.05) is 73.1 Å². The van der Waals surface area contributed by atoms with Gasteiger partial charge in [0.05, 0.1) is 5.52 Å².